The van der Waals surface area contributed by atoms with Crippen molar-refractivity contribution in [2.75, 3.05) is 0 Å². The van der Waals surface area contributed by atoms with Crippen LogP contribution in [0, 0.1) is 0 Å². The Hall–Kier alpha value is -0.920. The van der Waals surface area contributed by atoms with Gasteiger partial charge < -0.3 is 0 Å². The Morgan fingerprint density at radius 1 is 1.64 bits per heavy atom. The first-order chi connectivity index (χ1) is 4.83. The lowest BCUT2D eigenvalue weighted by Gasteiger charge is -1.99. The fourth-order valence-corrected chi connectivity index (χ4v) is 0.359. The quantitative estimate of drug-likeness (QED) is 0.345. The summed E-state index contributed by atoms with van der Waals surface area (Å²) in [6, 6.07) is 0. The molecule has 0 aromatic heterocycles. The first-order valence-corrected chi connectivity index (χ1v) is 3.81. The van der Waals surface area contributed by atoms with E-state index in [1.54, 1.807) is 0 Å². The molecule has 6 nitrogen and oxygen atoms in total. The third-order valence-electron chi connectivity index (χ3n) is 0.627. The van der Waals surface area contributed by atoms with Gasteiger partial charge in [0.25, 0.3) is 5.91 Å². The Labute approximate surface area is 63.8 Å². The Kier molecular flexibility index (Phi) is 3.18. The molecule has 0 bridgehead atoms. The summed E-state index contributed by atoms with van der Waals surface area (Å²) in [4.78, 5) is 10.5. The second kappa shape index (κ2) is 3.46. The minimum Gasteiger partial charge on any atom is -0.267 e. The minimum atomic E-state index is -4.63. The summed E-state index contributed by atoms with van der Waals surface area (Å²) in [7, 11) is -4.63. The number of amides is 1. The van der Waals surface area contributed by atoms with Crippen LogP contribution in [0.15, 0.2) is 12.2 Å². The number of hydrogen-bond donors (Lipinski definition) is 2. The molecular weight excluding hydrogens is 174 g/mol. The van der Waals surface area contributed by atoms with Crippen molar-refractivity contribution in [2.45, 2.75) is 6.92 Å². The van der Waals surface area contributed by atoms with E-state index in [0.29, 0.717) is 0 Å². The summed E-state index contributed by atoms with van der Waals surface area (Å²) in [6.45, 7) is 4.54. The fraction of sp³-hybridized carbons (Fsp3) is 0.250. The zero-order valence-corrected chi connectivity index (χ0v) is 6.51. The molecule has 0 aromatic rings. The standard InChI is InChI=1S/C4H7NO5S/c1-3(2)4(6)5-10-11(7,8)9/h1H2,2H3,(H,5,6)(H,7,8,9). The first-order valence-electron chi connectivity index (χ1n) is 2.44. The number of rotatable bonds is 3. The van der Waals surface area contributed by atoms with Crippen molar-refractivity contribution < 1.29 is 22.0 Å². The number of carbonyl (C=O) groups excluding carboxylic acids is 1. The first kappa shape index (κ1) is 10.1. The lowest BCUT2D eigenvalue weighted by Crippen LogP contribution is -2.26. The third kappa shape index (κ3) is 5.52. The average Bonchev–Trinajstić information content (AvgIpc) is 1.80. The minimum absolute atomic E-state index is 0.0636. The molecule has 0 spiro atoms. The molecule has 0 aromatic carbocycles. The Morgan fingerprint density at radius 2 is 2.09 bits per heavy atom. The molecule has 0 saturated heterocycles. The lowest BCUT2D eigenvalue weighted by molar-refractivity contribution is -0.123. The van der Waals surface area contributed by atoms with Crippen molar-refractivity contribution in [3.63, 3.8) is 0 Å². The van der Waals surface area contributed by atoms with Crippen LogP contribution in [0.2, 0.25) is 0 Å². The highest BCUT2D eigenvalue weighted by Gasteiger charge is 2.08. The fourth-order valence-electron chi connectivity index (χ4n) is 0.178. The van der Waals surface area contributed by atoms with E-state index in [1.165, 1.54) is 12.4 Å². The van der Waals surface area contributed by atoms with Crippen molar-refractivity contribution in [2.24, 2.45) is 0 Å². The molecule has 0 fully saturated rings. The van der Waals surface area contributed by atoms with Crippen molar-refractivity contribution in [3.05, 3.63) is 12.2 Å². The molecule has 1 amide bonds. The average molecular weight is 181 g/mol. The molecule has 0 aliphatic heterocycles. The number of nitrogens with one attached hydrogen (secondary N) is 1. The number of hydroxylamine groups is 1. The van der Waals surface area contributed by atoms with Crippen molar-refractivity contribution in [1.82, 2.24) is 5.48 Å². The van der Waals surface area contributed by atoms with Gasteiger partial charge in [-0.3, -0.25) is 9.35 Å². The second-order valence-corrected chi connectivity index (χ2v) is 2.74. The van der Waals surface area contributed by atoms with Gasteiger partial charge in [-0.2, -0.15) is 8.42 Å². The van der Waals surface area contributed by atoms with Crippen LogP contribution in [0.5, 0.6) is 0 Å². The summed E-state index contributed by atoms with van der Waals surface area (Å²) in [5, 5.41) is 0. The molecule has 0 aliphatic carbocycles. The van der Waals surface area contributed by atoms with Crippen LogP contribution in [0.3, 0.4) is 0 Å². The van der Waals surface area contributed by atoms with Crippen molar-refractivity contribution >= 4 is 16.3 Å². The highest BCUT2D eigenvalue weighted by atomic mass is 32.3. The smallest absolute Gasteiger partial charge is 0.267 e. The van der Waals surface area contributed by atoms with Crippen molar-refractivity contribution in [1.29, 1.82) is 0 Å². The van der Waals surface area contributed by atoms with Gasteiger partial charge in [-0.1, -0.05) is 6.58 Å². The van der Waals surface area contributed by atoms with E-state index in [-0.39, 0.29) is 5.57 Å². The highest BCUT2D eigenvalue weighted by molar-refractivity contribution is 7.80. The maximum Gasteiger partial charge on any atom is 0.418 e. The predicted octanol–water partition coefficient (Wildman–Crippen LogP) is -0.587. The maximum atomic E-state index is 10.5. The molecule has 2 N–H and O–H groups in total. The summed E-state index contributed by atoms with van der Waals surface area (Å²) >= 11 is 0. The predicted molar refractivity (Wildman–Crippen MR) is 35.6 cm³/mol. The van der Waals surface area contributed by atoms with Crippen LogP contribution in [0.1, 0.15) is 6.92 Å². The zero-order chi connectivity index (χ0) is 9.07. The van der Waals surface area contributed by atoms with Gasteiger partial charge in [-0.05, 0) is 6.92 Å². The van der Waals surface area contributed by atoms with E-state index in [9.17, 15) is 13.2 Å². The third-order valence-corrected chi connectivity index (χ3v) is 0.921. The topological polar surface area (TPSA) is 92.7 Å². The van der Waals surface area contributed by atoms with Crippen LogP contribution in [0.4, 0.5) is 0 Å². The van der Waals surface area contributed by atoms with Crippen LogP contribution in [-0.4, -0.2) is 18.9 Å². The van der Waals surface area contributed by atoms with E-state index in [2.05, 4.69) is 10.9 Å². The molecule has 0 atom stereocenters. The lowest BCUT2D eigenvalue weighted by atomic mass is 10.3. The van der Waals surface area contributed by atoms with Crippen LogP contribution in [0.25, 0.3) is 0 Å². The Balaban J connectivity index is 3.92. The van der Waals surface area contributed by atoms with E-state index in [4.69, 9.17) is 4.55 Å². The number of carbonyl (C=O) groups is 1. The van der Waals surface area contributed by atoms with Crippen LogP contribution in [-0.2, 0) is 19.5 Å². The summed E-state index contributed by atoms with van der Waals surface area (Å²) in [5.41, 5.74) is 1.51. The molecule has 0 rings (SSSR count). The molecule has 11 heavy (non-hydrogen) atoms. The van der Waals surface area contributed by atoms with E-state index >= 15 is 0 Å². The van der Waals surface area contributed by atoms with Crippen molar-refractivity contribution in [3.8, 4) is 0 Å². The normalized spacial score (nSPS) is 10.7. The summed E-state index contributed by atoms with van der Waals surface area (Å²) < 4.78 is 31.2. The Morgan fingerprint density at radius 3 is 2.36 bits per heavy atom. The van der Waals surface area contributed by atoms with Crippen LogP contribution < -0.4 is 5.48 Å². The highest BCUT2D eigenvalue weighted by Crippen LogP contribution is 1.87. The molecule has 0 radical (unpaired) electrons. The molecule has 64 valence electrons. The maximum absolute atomic E-state index is 10.5. The summed E-state index contributed by atoms with van der Waals surface area (Å²) in [6.07, 6.45) is 0. The monoisotopic (exact) mass is 181 g/mol. The molecule has 0 unspecified atom stereocenters. The number of hydrogen-bond acceptors (Lipinski definition) is 4. The molecule has 7 heteroatoms. The largest absolute Gasteiger partial charge is 0.418 e. The van der Waals surface area contributed by atoms with Crippen LogP contribution >= 0.6 is 0 Å². The van der Waals surface area contributed by atoms with Gasteiger partial charge in [0.05, 0.1) is 0 Å². The molecule has 0 aliphatic rings. The summed E-state index contributed by atoms with van der Waals surface area (Å²) in [5.74, 6) is -0.817. The Bertz CT molecular complexity index is 266. The van der Waals surface area contributed by atoms with Gasteiger partial charge in [0, 0.05) is 5.57 Å². The zero-order valence-electron chi connectivity index (χ0n) is 5.70. The van der Waals surface area contributed by atoms with Gasteiger partial charge in [0.2, 0.25) is 0 Å². The molecule has 0 heterocycles. The molecular formula is C4H7NO5S. The van der Waals surface area contributed by atoms with Gasteiger partial charge >= 0.3 is 10.4 Å². The van der Waals surface area contributed by atoms with E-state index < -0.39 is 16.3 Å². The van der Waals surface area contributed by atoms with Gasteiger partial charge in [-0.25, -0.2) is 5.48 Å². The molecule has 0 saturated carbocycles. The van der Waals surface area contributed by atoms with Gasteiger partial charge in [-0.15, -0.1) is 4.28 Å². The van der Waals surface area contributed by atoms with E-state index in [1.807, 2.05) is 0 Å². The SMILES string of the molecule is C=C(C)C(=O)NOS(=O)(=O)O. The van der Waals surface area contributed by atoms with Gasteiger partial charge in [0.1, 0.15) is 0 Å². The second-order valence-electron chi connectivity index (χ2n) is 1.72. The van der Waals surface area contributed by atoms with Gasteiger partial charge in [0.15, 0.2) is 0 Å². The van der Waals surface area contributed by atoms with E-state index in [0.717, 1.165) is 0 Å².